The summed E-state index contributed by atoms with van der Waals surface area (Å²) in [5, 5.41) is 32.0. The molecule has 0 bridgehead atoms. The van der Waals surface area contributed by atoms with Crippen LogP contribution in [0.3, 0.4) is 0 Å². The number of benzene rings is 1. The molecular formula is C32H42F2N8O. The van der Waals surface area contributed by atoms with Gasteiger partial charge in [-0.15, -0.1) is 0 Å². The number of aryl methyl sites for hydroxylation is 1. The Hall–Kier alpha value is -4.17. The molecule has 11 heteroatoms. The summed E-state index contributed by atoms with van der Waals surface area (Å²) in [4.78, 5) is 8.66. The van der Waals surface area contributed by atoms with Gasteiger partial charge in [-0.2, -0.15) is 15.5 Å². The van der Waals surface area contributed by atoms with E-state index in [9.17, 15) is 13.9 Å². The Bertz CT molecular complexity index is 1540. The van der Waals surface area contributed by atoms with Gasteiger partial charge in [-0.05, 0) is 51.7 Å². The molecule has 0 radical (unpaired) electrons. The molecule has 5 rings (SSSR count). The number of aromatic nitrogens is 6. The van der Waals surface area contributed by atoms with Crippen molar-refractivity contribution in [3.05, 3.63) is 64.7 Å². The molecule has 0 saturated heterocycles. The van der Waals surface area contributed by atoms with Gasteiger partial charge < -0.3 is 10.4 Å². The minimum atomic E-state index is -3.31. The van der Waals surface area contributed by atoms with Crippen molar-refractivity contribution in [2.45, 2.75) is 93.2 Å². The highest BCUT2D eigenvalue weighted by molar-refractivity contribution is 5.72. The standard InChI is InChI=1S/C27H28F2N8O.C3H8.C2H6/c1-15-24(20-9-7-18(12-30)8-10-20)35-36(13-19-5-6-19)26(15)33-21-11-22(32-14-31-21)37-17(3)23(16(2)34-37)25(38)27(4,28)29;1-3-2;1-2/h7-11,14,19,25,38H,5-6,13H2,1-4H3,(H,31,32,33);3H2,1-2H3;1-2H3. The molecule has 0 spiro atoms. The Morgan fingerprint density at radius 2 is 1.72 bits per heavy atom. The molecule has 3 heterocycles. The summed E-state index contributed by atoms with van der Waals surface area (Å²) in [5.74, 6) is -1.10. The van der Waals surface area contributed by atoms with Crippen LogP contribution in [0.25, 0.3) is 17.1 Å². The number of aliphatic hydroxyl groups excluding tert-OH is 1. The lowest BCUT2D eigenvalue weighted by atomic mass is 10.0. The maximum absolute atomic E-state index is 13.9. The lowest BCUT2D eigenvalue weighted by molar-refractivity contribution is -0.0959. The summed E-state index contributed by atoms with van der Waals surface area (Å²) in [5.41, 5.74) is 3.98. The monoisotopic (exact) mass is 592 g/mol. The number of nitriles is 1. The largest absolute Gasteiger partial charge is 0.382 e. The van der Waals surface area contributed by atoms with Crippen LogP contribution in [0.15, 0.2) is 36.7 Å². The molecule has 1 aliphatic carbocycles. The third-order valence-electron chi connectivity index (χ3n) is 6.82. The van der Waals surface area contributed by atoms with Crippen molar-refractivity contribution in [3.63, 3.8) is 0 Å². The van der Waals surface area contributed by atoms with Crippen LogP contribution < -0.4 is 5.32 Å². The Labute approximate surface area is 252 Å². The Balaban J connectivity index is 0.000000953. The fourth-order valence-electron chi connectivity index (χ4n) is 4.54. The highest BCUT2D eigenvalue weighted by Crippen LogP contribution is 2.37. The predicted octanol–water partition coefficient (Wildman–Crippen LogP) is 7.61. The SMILES string of the molecule is CC.CCC.Cc1nn(-c2cc(Nc3c(C)c(-c4ccc(C#N)cc4)nn3CC3CC3)ncn2)c(C)c1C(O)C(C)(F)F. The third-order valence-corrected chi connectivity index (χ3v) is 6.82. The minimum Gasteiger partial charge on any atom is -0.382 e. The topological polar surface area (TPSA) is 117 Å². The summed E-state index contributed by atoms with van der Waals surface area (Å²) in [6, 6.07) is 11.1. The van der Waals surface area contributed by atoms with Crippen LogP contribution >= 0.6 is 0 Å². The van der Waals surface area contributed by atoms with Crippen molar-refractivity contribution in [1.29, 1.82) is 5.26 Å². The number of alkyl halides is 2. The van der Waals surface area contributed by atoms with E-state index in [-0.39, 0.29) is 5.56 Å². The first-order chi connectivity index (χ1) is 20.5. The van der Waals surface area contributed by atoms with E-state index >= 15 is 0 Å². The lowest BCUT2D eigenvalue weighted by Crippen LogP contribution is -2.23. The number of anilines is 2. The number of aliphatic hydroxyl groups is 1. The van der Waals surface area contributed by atoms with E-state index < -0.39 is 12.0 Å². The van der Waals surface area contributed by atoms with E-state index in [1.165, 1.54) is 17.4 Å². The van der Waals surface area contributed by atoms with Crippen LogP contribution in [-0.4, -0.2) is 40.6 Å². The van der Waals surface area contributed by atoms with Gasteiger partial charge in [0.15, 0.2) is 5.82 Å². The smallest absolute Gasteiger partial charge is 0.274 e. The first-order valence-electron chi connectivity index (χ1n) is 14.8. The van der Waals surface area contributed by atoms with E-state index in [0.29, 0.717) is 41.4 Å². The van der Waals surface area contributed by atoms with Gasteiger partial charge in [0, 0.05) is 41.9 Å². The second-order valence-electron chi connectivity index (χ2n) is 10.6. The number of halogens is 2. The van der Waals surface area contributed by atoms with E-state index in [1.54, 1.807) is 32.0 Å². The van der Waals surface area contributed by atoms with Crippen LogP contribution in [0.5, 0.6) is 0 Å². The van der Waals surface area contributed by atoms with Gasteiger partial charge in [0.2, 0.25) is 0 Å². The van der Waals surface area contributed by atoms with Gasteiger partial charge in [-0.3, -0.25) is 0 Å². The molecule has 2 N–H and O–H groups in total. The van der Waals surface area contributed by atoms with Crippen molar-refractivity contribution >= 4 is 11.6 Å². The van der Waals surface area contributed by atoms with Gasteiger partial charge in [0.05, 0.1) is 23.0 Å². The number of rotatable bonds is 8. The summed E-state index contributed by atoms with van der Waals surface area (Å²) in [6.45, 7) is 14.9. The van der Waals surface area contributed by atoms with Crippen molar-refractivity contribution < 1.29 is 13.9 Å². The molecule has 1 aromatic carbocycles. The van der Waals surface area contributed by atoms with E-state index in [0.717, 1.165) is 42.0 Å². The number of nitrogens with zero attached hydrogens (tertiary/aromatic N) is 7. The Morgan fingerprint density at radius 3 is 2.28 bits per heavy atom. The number of hydrogen-bond acceptors (Lipinski definition) is 7. The highest BCUT2D eigenvalue weighted by Gasteiger charge is 2.37. The van der Waals surface area contributed by atoms with Gasteiger partial charge in [0.25, 0.3) is 5.92 Å². The molecule has 1 aliphatic rings. The zero-order valence-electron chi connectivity index (χ0n) is 26.3. The summed E-state index contributed by atoms with van der Waals surface area (Å²) >= 11 is 0. The minimum absolute atomic E-state index is 0.0797. The summed E-state index contributed by atoms with van der Waals surface area (Å²) in [6.07, 6.45) is 2.96. The zero-order valence-corrected chi connectivity index (χ0v) is 26.3. The molecular weight excluding hydrogens is 550 g/mol. The van der Waals surface area contributed by atoms with Gasteiger partial charge >= 0.3 is 0 Å². The molecule has 43 heavy (non-hydrogen) atoms. The fraction of sp³-hybridized carbons (Fsp3) is 0.469. The molecule has 0 amide bonds. The second kappa shape index (κ2) is 14.3. The van der Waals surface area contributed by atoms with Crippen molar-refractivity contribution in [2.75, 3.05) is 5.32 Å². The van der Waals surface area contributed by atoms with E-state index in [2.05, 4.69) is 40.3 Å². The maximum atomic E-state index is 13.9. The average molecular weight is 593 g/mol. The molecule has 0 aliphatic heterocycles. The van der Waals surface area contributed by atoms with E-state index in [1.807, 2.05) is 37.6 Å². The second-order valence-corrected chi connectivity index (χ2v) is 10.6. The molecule has 3 aromatic heterocycles. The van der Waals surface area contributed by atoms with Crippen molar-refractivity contribution in [3.8, 4) is 23.1 Å². The van der Waals surface area contributed by atoms with Crippen molar-refractivity contribution in [1.82, 2.24) is 29.5 Å². The van der Waals surface area contributed by atoms with Gasteiger partial charge in [-0.1, -0.05) is 46.2 Å². The third kappa shape index (κ3) is 7.82. The fourth-order valence-corrected chi connectivity index (χ4v) is 4.54. The predicted molar refractivity (Wildman–Crippen MR) is 165 cm³/mol. The molecule has 1 fully saturated rings. The number of hydrogen-bond donors (Lipinski definition) is 2. The van der Waals surface area contributed by atoms with Crippen LogP contribution in [0.1, 0.15) is 88.1 Å². The molecule has 1 atom stereocenters. The van der Waals surface area contributed by atoms with Crippen LogP contribution in [0, 0.1) is 38.0 Å². The lowest BCUT2D eigenvalue weighted by Gasteiger charge is -2.18. The maximum Gasteiger partial charge on any atom is 0.274 e. The van der Waals surface area contributed by atoms with Crippen molar-refractivity contribution in [2.24, 2.45) is 5.92 Å². The van der Waals surface area contributed by atoms with Crippen LogP contribution in [-0.2, 0) is 6.54 Å². The normalized spacial score (nSPS) is 13.3. The summed E-state index contributed by atoms with van der Waals surface area (Å²) in [7, 11) is 0. The molecule has 9 nitrogen and oxygen atoms in total. The van der Waals surface area contributed by atoms with Crippen LogP contribution in [0.4, 0.5) is 20.4 Å². The zero-order chi connectivity index (χ0) is 31.9. The quantitative estimate of drug-likeness (QED) is 0.216. The highest BCUT2D eigenvalue weighted by atomic mass is 19.3. The Kier molecular flexibility index (Phi) is 11.1. The van der Waals surface area contributed by atoms with Gasteiger partial charge in [-0.25, -0.2) is 28.1 Å². The van der Waals surface area contributed by atoms with Gasteiger partial charge in [0.1, 0.15) is 24.1 Å². The molecule has 1 unspecified atom stereocenters. The molecule has 4 aromatic rings. The Morgan fingerprint density at radius 1 is 1.09 bits per heavy atom. The first kappa shape index (κ1) is 33.3. The molecule has 230 valence electrons. The van der Waals surface area contributed by atoms with Crippen LogP contribution in [0.2, 0.25) is 0 Å². The average Bonchev–Trinajstić information content (AvgIpc) is 3.69. The molecule has 1 saturated carbocycles. The number of nitrogens with one attached hydrogen (secondary N) is 1. The van der Waals surface area contributed by atoms with E-state index in [4.69, 9.17) is 10.4 Å². The first-order valence-corrected chi connectivity index (χ1v) is 14.8. The summed E-state index contributed by atoms with van der Waals surface area (Å²) < 4.78 is 31.1.